The third-order valence-electron chi connectivity index (χ3n) is 3.54. The number of amides is 1. The summed E-state index contributed by atoms with van der Waals surface area (Å²) in [6, 6.07) is 12.2. The summed E-state index contributed by atoms with van der Waals surface area (Å²) in [5.41, 5.74) is 8.46. The van der Waals surface area contributed by atoms with Crippen molar-refractivity contribution in [1.29, 1.82) is 0 Å². The standard InChI is InChI=1S/C17H16N4O2/c1-11(22)12-3-6-15(7-4-12)20-17(23)10-21-16-8-14(18)5-2-13(16)9-19-21/h2-9H,10,18H2,1H3,(H,20,23). The highest BCUT2D eigenvalue weighted by Crippen LogP contribution is 2.17. The molecule has 0 radical (unpaired) electrons. The van der Waals surface area contributed by atoms with Gasteiger partial charge in [0.2, 0.25) is 5.91 Å². The van der Waals surface area contributed by atoms with Gasteiger partial charge in [-0.1, -0.05) is 0 Å². The smallest absolute Gasteiger partial charge is 0.246 e. The molecule has 1 heterocycles. The average molecular weight is 308 g/mol. The van der Waals surface area contributed by atoms with Crippen LogP contribution in [0.2, 0.25) is 0 Å². The van der Waals surface area contributed by atoms with E-state index in [1.165, 1.54) is 6.92 Å². The van der Waals surface area contributed by atoms with Gasteiger partial charge in [0.25, 0.3) is 0 Å². The van der Waals surface area contributed by atoms with Gasteiger partial charge in [-0.2, -0.15) is 5.10 Å². The number of hydrogen-bond donors (Lipinski definition) is 2. The van der Waals surface area contributed by atoms with Crippen molar-refractivity contribution in [3.63, 3.8) is 0 Å². The van der Waals surface area contributed by atoms with Gasteiger partial charge in [-0.25, -0.2) is 0 Å². The highest BCUT2D eigenvalue weighted by molar-refractivity contribution is 5.96. The molecule has 0 aliphatic heterocycles. The first kappa shape index (κ1) is 14.8. The number of nitrogens with one attached hydrogen (secondary N) is 1. The highest BCUT2D eigenvalue weighted by Gasteiger charge is 2.09. The number of nitrogens with zero attached hydrogens (tertiary/aromatic N) is 2. The number of fused-ring (bicyclic) bond motifs is 1. The minimum Gasteiger partial charge on any atom is -0.399 e. The Morgan fingerprint density at radius 1 is 1.17 bits per heavy atom. The van der Waals surface area contributed by atoms with E-state index in [0.29, 0.717) is 16.9 Å². The predicted octanol–water partition coefficient (Wildman–Crippen LogP) is 2.46. The summed E-state index contributed by atoms with van der Waals surface area (Å²) in [6.07, 6.45) is 1.70. The van der Waals surface area contributed by atoms with Crippen molar-refractivity contribution in [2.45, 2.75) is 13.5 Å². The van der Waals surface area contributed by atoms with Crippen LogP contribution in [-0.2, 0) is 11.3 Å². The summed E-state index contributed by atoms with van der Waals surface area (Å²) < 4.78 is 1.60. The summed E-state index contributed by atoms with van der Waals surface area (Å²) in [7, 11) is 0. The Hall–Kier alpha value is -3.15. The molecular weight excluding hydrogens is 292 g/mol. The van der Waals surface area contributed by atoms with Crippen LogP contribution < -0.4 is 11.1 Å². The lowest BCUT2D eigenvalue weighted by atomic mass is 10.1. The van der Waals surface area contributed by atoms with Gasteiger partial charge in [0.15, 0.2) is 5.78 Å². The molecule has 6 heteroatoms. The van der Waals surface area contributed by atoms with Gasteiger partial charge < -0.3 is 11.1 Å². The van der Waals surface area contributed by atoms with Crippen molar-refractivity contribution in [3.8, 4) is 0 Å². The number of nitrogens with two attached hydrogens (primary N) is 1. The number of benzene rings is 2. The lowest BCUT2D eigenvalue weighted by Gasteiger charge is -2.07. The van der Waals surface area contributed by atoms with E-state index in [2.05, 4.69) is 10.4 Å². The van der Waals surface area contributed by atoms with Crippen molar-refractivity contribution >= 4 is 34.0 Å². The van der Waals surface area contributed by atoms with Crippen LogP contribution in [0.1, 0.15) is 17.3 Å². The van der Waals surface area contributed by atoms with Gasteiger partial charge in [-0.3, -0.25) is 14.3 Å². The normalized spacial score (nSPS) is 10.7. The molecule has 2 aromatic carbocycles. The highest BCUT2D eigenvalue weighted by atomic mass is 16.2. The molecule has 0 saturated heterocycles. The second-order valence-corrected chi connectivity index (χ2v) is 5.30. The van der Waals surface area contributed by atoms with Crippen molar-refractivity contribution in [1.82, 2.24) is 9.78 Å². The van der Waals surface area contributed by atoms with Gasteiger partial charge in [0.05, 0.1) is 11.7 Å². The van der Waals surface area contributed by atoms with Crippen LogP contribution in [0.5, 0.6) is 0 Å². The number of ketones is 1. The molecule has 23 heavy (non-hydrogen) atoms. The number of Topliss-reactive ketones (excluding diaryl/α,β-unsaturated/α-hetero) is 1. The van der Waals surface area contributed by atoms with Crippen molar-refractivity contribution in [2.24, 2.45) is 0 Å². The molecule has 1 aromatic heterocycles. The van der Waals surface area contributed by atoms with Gasteiger partial charge in [0.1, 0.15) is 6.54 Å². The molecule has 3 N–H and O–H groups in total. The summed E-state index contributed by atoms with van der Waals surface area (Å²) in [5, 5.41) is 7.92. The fourth-order valence-electron chi connectivity index (χ4n) is 2.34. The van der Waals surface area contributed by atoms with E-state index in [4.69, 9.17) is 5.73 Å². The Balaban J connectivity index is 1.73. The molecule has 0 fully saturated rings. The van der Waals surface area contributed by atoms with Crippen molar-refractivity contribution < 1.29 is 9.59 Å². The topological polar surface area (TPSA) is 90.0 Å². The molecule has 0 aliphatic carbocycles. The molecule has 6 nitrogen and oxygen atoms in total. The molecule has 0 bridgehead atoms. The fourth-order valence-corrected chi connectivity index (χ4v) is 2.34. The van der Waals surface area contributed by atoms with E-state index < -0.39 is 0 Å². The molecule has 1 amide bonds. The lowest BCUT2D eigenvalue weighted by Crippen LogP contribution is -2.19. The Kier molecular flexibility index (Phi) is 3.80. The molecule has 0 spiro atoms. The van der Waals surface area contributed by atoms with Gasteiger partial charge in [-0.15, -0.1) is 0 Å². The minimum absolute atomic E-state index is 0.0107. The molecule has 0 unspecified atom stereocenters. The van der Waals surface area contributed by atoms with Crippen LogP contribution >= 0.6 is 0 Å². The summed E-state index contributed by atoms with van der Waals surface area (Å²) in [6.45, 7) is 1.59. The third-order valence-corrected chi connectivity index (χ3v) is 3.54. The molecule has 3 aromatic rings. The first-order valence-electron chi connectivity index (χ1n) is 7.15. The average Bonchev–Trinajstić information content (AvgIpc) is 2.90. The van der Waals surface area contributed by atoms with E-state index >= 15 is 0 Å². The van der Waals surface area contributed by atoms with Gasteiger partial charge in [0, 0.05) is 22.3 Å². The first-order chi connectivity index (χ1) is 11.0. The zero-order valence-corrected chi connectivity index (χ0v) is 12.6. The second kappa shape index (κ2) is 5.92. The number of carbonyl (C=O) groups is 2. The molecular formula is C17H16N4O2. The largest absolute Gasteiger partial charge is 0.399 e. The number of rotatable bonds is 4. The number of carbonyl (C=O) groups excluding carboxylic acids is 2. The maximum absolute atomic E-state index is 12.2. The summed E-state index contributed by atoms with van der Waals surface area (Å²) in [5.74, 6) is -0.212. The molecule has 3 rings (SSSR count). The van der Waals surface area contributed by atoms with Crippen LogP contribution in [0, 0.1) is 0 Å². The van der Waals surface area contributed by atoms with Gasteiger partial charge in [-0.05, 0) is 49.4 Å². The quantitative estimate of drug-likeness (QED) is 0.572. The Bertz CT molecular complexity index is 881. The summed E-state index contributed by atoms with van der Waals surface area (Å²) >= 11 is 0. The van der Waals surface area contributed by atoms with E-state index in [1.807, 2.05) is 6.07 Å². The van der Waals surface area contributed by atoms with Crippen LogP contribution in [0.15, 0.2) is 48.7 Å². The maximum atomic E-state index is 12.2. The van der Waals surface area contributed by atoms with Crippen LogP contribution in [0.4, 0.5) is 11.4 Å². The SMILES string of the molecule is CC(=O)c1ccc(NC(=O)Cn2ncc3ccc(N)cc32)cc1. The Morgan fingerprint density at radius 2 is 1.91 bits per heavy atom. The number of hydrogen-bond acceptors (Lipinski definition) is 4. The number of nitrogen functional groups attached to an aromatic ring is 1. The molecule has 0 aliphatic rings. The maximum Gasteiger partial charge on any atom is 0.246 e. The van der Waals surface area contributed by atoms with Gasteiger partial charge >= 0.3 is 0 Å². The Morgan fingerprint density at radius 3 is 2.61 bits per heavy atom. The second-order valence-electron chi connectivity index (χ2n) is 5.30. The van der Waals surface area contributed by atoms with E-state index in [9.17, 15) is 9.59 Å². The van der Waals surface area contributed by atoms with Crippen LogP contribution in [-0.4, -0.2) is 21.5 Å². The number of anilines is 2. The van der Waals surface area contributed by atoms with E-state index in [0.717, 1.165) is 10.9 Å². The zero-order valence-electron chi connectivity index (χ0n) is 12.6. The van der Waals surface area contributed by atoms with E-state index in [1.54, 1.807) is 47.3 Å². The fraction of sp³-hybridized carbons (Fsp3) is 0.118. The minimum atomic E-state index is -0.201. The first-order valence-corrected chi connectivity index (χ1v) is 7.15. The van der Waals surface area contributed by atoms with Crippen LogP contribution in [0.25, 0.3) is 10.9 Å². The zero-order chi connectivity index (χ0) is 16.4. The Labute approximate surface area is 132 Å². The predicted molar refractivity (Wildman–Crippen MR) is 89.2 cm³/mol. The van der Waals surface area contributed by atoms with Crippen molar-refractivity contribution in [2.75, 3.05) is 11.1 Å². The lowest BCUT2D eigenvalue weighted by molar-refractivity contribution is -0.116. The van der Waals surface area contributed by atoms with E-state index in [-0.39, 0.29) is 18.2 Å². The monoisotopic (exact) mass is 308 g/mol. The third kappa shape index (κ3) is 3.21. The molecule has 0 atom stereocenters. The van der Waals surface area contributed by atoms with Crippen LogP contribution in [0.3, 0.4) is 0 Å². The summed E-state index contributed by atoms with van der Waals surface area (Å²) in [4.78, 5) is 23.4. The van der Waals surface area contributed by atoms with Crippen molar-refractivity contribution in [3.05, 3.63) is 54.2 Å². The number of aromatic nitrogens is 2. The molecule has 116 valence electrons. The molecule has 0 saturated carbocycles.